The third-order valence-corrected chi connectivity index (χ3v) is 2.59. The van der Waals surface area contributed by atoms with Gasteiger partial charge in [0.15, 0.2) is 0 Å². The number of pyridine rings is 1. The molecule has 4 nitrogen and oxygen atoms in total. The molecule has 1 heterocycles. The standard InChI is InChI=1S/C12H17ClN2O2/c1-2-3-8-15(9-7-13)12(17)10-5-4-6-11(16)14-10/h4-6H,2-3,7-9H2,1H3,(H,14,16). The van der Waals surface area contributed by atoms with E-state index in [1.54, 1.807) is 17.0 Å². The van der Waals surface area contributed by atoms with E-state index in [9.17, 15) is 9.59 Å². The van der Waals surface area contributed by atoms with Crippen LogP contribution in [0.15, 0.2) is 23.0 Å². The third kappa shape index (κ3) is 4.23. The first-order valence-corrected chi connectivity index (χ1v) is 6.27. The molecule has 1 rings (SSSR count). The van der Waals surface area contributed by atoms with Crippen LogP contribution >= 0.6 is 11.6 Å². The van der Waals surface area contributed by atoms with Crippen molar-refractivity contribution in [2.45, 2.75) is 19.8 Å². The van der Waals surface area contributed by atoms with Crippen LogP contribution in [0.25, 0.3) is 0 Å². The molecule has 17 heavy (non-hydrogen) atoms. The molecule has 1 N–H and O–H groups in total. The number of carbonyl (C=O) groups excluding carboxylic acids is 1. The van der Waals surface area contributed by atoms with E-state index < -0.39 is 0 Å². The fourth-order valence-corrected chi connectivity index (χ4v) is 1.71. The lowest BCUT2D eigenvalue weighted by molar-refractivity contribution is 0.0757. The van der Waals surface area contributed by atoms with Crippen LogP contribution in [-0.2, 0) is 0 Å². The number of H-pyrrole nitrogens is 1. The molecule has 0 saturated carbocycles. The Morgan fingerprint density at radius 3 is 2.76 bits per heavy atom. The minimum Gasteiger partial charge on any atom is -0.336 e. The van der Waals surface area contributed by atoms with Crippen LogP contribution in [-0.4, -0.2) is 34.8 Å². The molecule has 0 atom stereocenters. The summed E-state index contributed by atoms with van der Waals surface area (Å²) in [5.74, 6) is 0.226. The minimum absolute atomic E-state index is 0.170. The smallest absolute Gasteiger partial charge is 0.270 e. The summed E-state index contributed by atoms with van der Waals surface area (Å²) in [7, 11) is 0. The molecular formula is C12H17ClN2O2. The average Bonchev–Trinajstić information content (AvgIpc) is 2.33. The van der Waals surface area contributed by atoms with Crippen LogP contribution in [0.4, 0.5) is 0 Å². The Morgan fingerprint density at radius 2 is 2.18 bits per heavy atom. The third-order valence-electron chi connectivity index (χ3n) is 2.42. The molecule has 0 aromatic carbocycles. The normalized spacial score (nSPS) is 10.2. The average molecular weight is 257 g/mol. The number of hydrogen-bond donors (Lipinski definition) is 1. The maximum Gasteiger partial charge on any atom is 0.270 e. The second-order valence-electron chi connectivity index (χ2n) is 3.76. The van der Waals surface area contributed by atoms with Crippen molar-refractivity contribution in [3.63, 3.8) is 0 Å². The van der Waals surface area contributed by atoms with Crippen molar-refractivity contribution in [3.8, 4) is 0 Å². The van der Waals surface area contributed by atoms with Gasteiger partial charge in [-0.3, -0.25) is 9.59 Å². The number of rotatable bonds is 6. The van der Waals surface area contributed by atoms with E-state index in [-0.39, 0.29) is 11.5 Å². The highest BCUT2D eigenvalue weighted by atomic mass is 35.5. The quantitative estimate of drug-likeness (QED) is 0.790. The highest BCUT2D eigenvalue weighted by Crippen LogP contribution is 2.03. The summed E-state index contributed by atoms with van der Waals surface area (Å²) in [6.45, 7) is 3.23. The first-order valence-electron chi connectivity index (χ1n) is 5.73. The van der Waals surface area contributed by atoms with Gasteiger partial charge in [0.25, 0.3) is 5.91 Å². The first-order chi connectivity index (χ1) is 8.19. The van der Waals surface area contributed by atoms with Crippen LogP contribution < -0.4 is 5.56 Å². The number of alkyl halides is 1. The van der Waals surface area contributed by atoms with Gasteiger partial charge in [-0.15, -0.1) is 11.6 Å². The zero-order valence-electron chi connectivity index (χ0n) is 9.91. The summed E-state index contributed by atoms with van der Waals surface area (Å²) < 4.78 is 0. The predicted octanol–water partition coefficient (Wildman–Crippen LogP) is 1.86. The second kappa shape index (κ2) is 7.12. The topological polar surface area (TPSA) is 53.2 Å². The molecule has 0 aliphatic rings. The maximum absolute atomic E-state index is 12.1. The number of halogens is 1. The Morgan fingerprint density at radius 1 is 1.41 bits per heavy atom. The molecular weight excluding hydrogens is 240 g/mol. The highest BCUT2D eigenvalue weighted by Gasteiger charge is 2.15. The molecule has 0 spiro atoms. The van der Waals surface area contributed by atoms with Crippen molar-refractivity contribution in [3.05, 3.63) is 34.2 Å². The highest BCUT2D eigenvalue weighted by molar-refractivity contribution is 6.18. The van der Waals surface area contributed by atoms with Crippen molar-refractivity contribution in [1.82, 2.24) is 9.88 Å². The molecule has 0 bridgehead atoms. The molecule has 94 valence electrons. The van der Waals surface area contributed by atoms with Crippen LogP contribution in [0.2, 0.25) is 0 Å². The fraction of sp³-hybridized carbons (Fsp3) is 0.500. The fourth-order valence-electron chi connectivity index (χ4n) is 1.51. The van der Waals surface area contributed by atoms with Gasteiger partial charge in [-0.05, 0) is 12.5 Å². The Labute approximate surface area is 106 Å². The summed E-state index contributed by atoms with van der Waals surface area (Å²) >= 11 is 5.67. The van der Waals surface area contributed by atoms with E-state index in [1.807, 2.05) is 0 Å². The lowest BCUT2D eigenvalue weighted by Crippen LogP contribution is -2.35. The van der Waals surface area contributed by atoms with Gasteiger partial charge in [0, 0.05) is 25.0 Å². The summed E-state index contributed by atoms with van der Waals surface area (Å²) in [6, 6.07) is 4.57. The summed E-state index contributed by atoms with van der Waals surface area (Å²) in [5, 5.41) is 0. The van der Waals surface area contributed by atoms with Crippen molar-refractivity contribution < 1.29 is 4.79 Å². The monoisotopic (exact) mass is 256 g/mol. The SMILES string of the molecule is CCCCN(CCCl)C(=O)c1cccc(=O)[nH]1. The Bertz CT molecular complexity index is 417. The van der Waals surface area contributed by atoms with Gasteiger partial charge in [-0.1, -0.05) is 19.4 Å². The minimum atomic E-state index is -0.267. The Balaban J connectivity index is 2.79. The second-order valence-corrected chi connectivity index (χ2v) is 4.14. The van der Waals surface area contributed by atoms with Crippen LogP contribution in [0.1, 0.15) is 30.3 Å². The summed E-state index contributed by atoms with van der Waals surface area (Å²) in [4.78, 5) is 27.4. The van der Waals surface area contributed by atoms with Gasteiger partial charge >= 0.3 is 0 Å². The number of carbonyl (C=O) groups is 1. The molecule has 0 fully saturated rings. The van der Waals surface area contributed by atoms with E-state index in [0.717, 1.165) is 12.8 Å². The number of aromatic amines is 1. The van der Waals surface area contributed by atoms with Gasteiger partial charge in [0.1, 0.15) is 5.69 Å². The Kier molecular flexibility index (Phi) is 5.77. The van der Waals surface area contributed by atoms with Gasteiger partial charge in [-0.2, -0.15) is 0 Å². The number of nitrogens with zero attached hydrogens (tertiary/aromatic N) is 1. The van der Waals surface area contributed by atoms with Crippen LogP contribution in [0.3, 0.4) is 0 Å². The van der Waals surface area contributed by atoms with Gasteiger partial charge in [0.2, 0.25) is 5.56 Å². The van der Waals surface area contributed by atoms with E-state index in [0.29, 0.717) is 24.7 Å². The molecule has 0 radical (unpaired) electrons. The predicted molar refractivity (Wildman–Crippen MR) is 68.6 cm³/mol. The molecule has 0 aliphatic heterocycles. The molecule has 1 aromatic heterocycles. The van der Waals surface area contributed by atoms with E-state index >= 15 is 0 Å². The molecule has 1 amide bonds. The summed E-state index contributed by atoms with van der Waals surface area (Å²) in [6.07, 6.45) is 1.94. The Hall–Kier alpha value is -1.29. The zero-order valence-corrected chi connectivity index (χ0v) is 10.7. The molecule has 0 saturated heterocycles. The van der Waals surface area contributed by atoms with Crippen molar-refractivity contribution in [2.75, 3.05) is 19.0 Å². The number of hydrogen-bond acceptors (Lipinski definition) is 2. The van der Waals surface area contributed by atoms with E-state index in [2.05, 4.69) is 11.9 Å². The number of amides is 1. The molecule has 1 aromatic rings. The first kappa shape index (κ1) is 13.8. The van der Waals surface area contributed by atoms with Gasteiger partial charge < -0.3 is 9.88 Å². The summed E-state index contributed by atoms with van der Waals surface area (Å²) in [5.41, 5.74) is 0.0517. The lowest BCUT2D eigenvalue weighted by Gasteiger charge is -2.21. The number of nitrogens with one attached hydrogen (secondary N) is 1. The number of aromatic nitrogens is 1. The van der Waals surface area contributed by atoms with Crippen molar-refractivity contribution >= 4 is 17.5 Å². The van der Waals surface area contributed by atoms with Gasteiger partial charge in [-0.25, -0.2) is 0 Å². The lowest BCUT2D eigenvalue weighted by atomic mass is 10.2. The molecule has 5 heteroatoms. The van der Waals surface area contributed by atoms with Crippen LogP contribution in [0, 0.1) is 0 Å². The van der Waals surface area contributed by atoms with Crippen molar-refractivity contribution in [2.24, 2.45) is 0 Å². The zero-order chi connectivity index (χ0) is 12.7. The van der Waals surface area contributed by atoms with Crippen molar-refractivity contribution in [1.29, 1.82) is 0 Å². The van der Waals surface area contributed by atoms with E-state index in [1.165, 1.54) is 6.07 Å². The van der Waals surface area contributed by atoms with Gasteiger partial charge in [0.05, 0.1) is 0 Å². The maximum atomic E-state index is 12.1. The molecule has 0 aliphatic carbocycles. The van der Waals surface area contributed by atoms with E-state index in [4.69, 9.17) is 11.6 Å². The molecule has 0 unspecified atom stereocenters. The number of unbranched alkanes of at least 4 members (excludes halogenated alkanes) is 1. The largest absolute Gasteiger partial charge is 0.336 e. The van der Waals surface area contributed by atoms with Crippen LogP contribution in [0.5, 0.6) is 0 Å².